The summed E-state index contributed by atoms with van der Waals surface area (Å²) in [5.74, 6) is -1.19. The number of carbonyl (C=O) groups excluding carboxylic acids is 2. The smallest absolute Gasteiger partial charge is 0.313 e. The van der Waals surface area contributed by atoms with Gasteiger partial charge in [-0.1, -0.05) is 29.3 Å². The van der Waals surface area contributed by atoms with E-state index in [2.05, 4.69) is 16.7 Å². The summed E-state index contributed by atoms with van der Waals surface area (Å²) in [6.45, 7) is 2.49. The van der Waals surface area contributed by atoms with Crippen LogP contribution in [0, 0.1) is 6.92 Å². The quantitative estimate of drug-likeness (QED) is 0.660. The van der Waals surface area contributed by atoms with E-state index in [1.165, 1.54) is 18.4 Å². The van der Waals surface area contributed by atoms with Crippen molar-refractivity contribution in [3.63, 3.8) is 0 Å². The van der Waals surface area contributed by atoms with Gasteiger partial charge in [-0.15, -0.1) is 0 Å². The summed E-state index contributed by atoms with van der Waals surface area (Å²) < 4.78 is 0. The molecule has 1 aromatic carbocycles. The van der Waals surface area contributed by atoms with Crippen LogP contribution >= 0.6 is 0 Å². The SMILES string of the molecule is Cc1ccc(NC(=O)C(=O)NCCC2=CCCCC2)cc1. The van der Waals surface area contributed by atoms with Crippen molar-refractivity contribution in [2.45, 2.75) is 39.0 Å². The largest absolute Gasteiger partial charge is 0.348 e. The van der Waals surface area contributed by atoms with Crippen molar-refractivity contribution in [2.75, 3.05) is 11.9 Å². The van der Waals surface area contributed by atoms with E-state index in [1.54, 1.807) is 12.1 Å². The molecule has 112 valence electrons. The van der Waals surface area contributed by atoms with E-state index in [0.29, 0.717) is 12.2 Å². The Morgan fingerprint density at radius 1 is 1.10 bits per heavy atom. The zero-order valence-electron chi connectivity index (χ0n) is 12.4. The molecule has 0 saturated carbocycles. The highest BCUT2D eigenvalue weighted by Gasteiger charge is 2.13. The lowest BCUT2D eigenvalue weighted by atomic mass is 9.97. The van der Waals surface area contributed by atoms with Gasteiger partial charge >= 0.3 is 11.8 Å². The fourth-order valence-electron chi connectivity index (χ4n) is 2.37. The van der Waals surface area contributed by atoms with E-state index in [9.17, 15) is 9.59 Å². The minimum atomic E-state index is -0.614. The molecule has 0 aliphatic heterocycles. The van der Waals surface area contributed by atoms with Crippen LogP contribution in [0.15, 0.2) is 35.9 Å². The first-order valence-electron chi connectivity index (χ1n) is 7.49. The average molecular weight is 286 g/mol. The third-order valence-electron chi connectivity index (χ3n) is 3.63. The van der Waals surface area contributed by atoms with Gasteiger partial charge in [0.2, 0.25) is 0 Å². The Hall–Kier alpha value is -2.10. The molecule has 0 atom stereocenters. The van der Waals surface area contributed by atoms with Crippen LogP contribution < -0.4 is 10.6 Å². The van der Waals surface area contributed by atoms with Crippen LogP contribution in [0.25, 0.3) is 0 Å². The first-order valence-corrected chi connectivity index (χ1v) is 7.49. The molecule has 2 N–H and O–H groups in total. The van der Waals surface area contributed by atoms with Gasteiger partial charge in [0, 0.05) is 12.2 Å². The first kappa shape index (κ1) is 15.3. The van der Waals surface area contributed by atoms with Crippen LogP contribution in [0.2, 0.25) is 0 Å². The zero-order chi connectivity index (χ0) is 15.1. The van der Waals surface area contributed by atoms with Crippen LogP contribution in [0.5, 0.6) is 0 Å². The molecular weight excluding hydrogens is 264 g/mol. The number of hydrogen-bond donors (Lipinski definition) is 2. The highest BCUT2D eigenvalue weighted by Crippen LogP contribution is 2.19. The number of carbonyl (C=O) groups is 2. The molecule has 0 heterocycles. The van der Waals surface area contributed by atoms with E-state index in [1.807, 2.05) is 19.1 Å². The zero-order valence-corrected chi connectivity index (χ0v) is 12.4. The molecular formula is C17H22N2O2. The van der Waals surface area contributed by atoms with Crippen molar-refractivity contribution < 1.29 is 9.59 Å². The van der Waals surface area contributed by atoms with Gasteiger partial charge in [0.1, 0.15) is 0 Å². The Bertz CT molecular complexity index is 532. The molecule has 4 heteroatoms. The number of rotatable bonds is 4. The lowest BCUT2D eigenvalue weighted by Crippen LogP contribution is -2.36. The standard InChI is InChI=1S/C17H22N2O2/c1-13-7-9-15(10-8-13)19-17(21)16(20)18-12-11-14-5-3-2-4-6-14/h5,7-10H,2-4,6,11-12H2,1H3,(H,18,20)(H,19,21). The molecule has 1 aliphatic carbocycles. The van der Waals surface area contributed by atoms with E-state index < -0.39 is 11.8 Å². The molecule has 4 nitrogen and oxygen atoms in total. The molecule has 0 saturated heterocycles. The van der Waals surface area contributed by atoms with E-state index in [4.69, 9.17) is 0 Å². The van der Waals surface area contributed by atoms with Gasteiger partial charge in [-0.25, -0.2) is 0 Å². The highest BCUT2D eigenvalue weighted by atomic mass is 16.2. The van der Waals surface area contributed by atoms with Gasteiger partial charge in [-0.2, -0.15) is 0 Å². The van der Waals surface area contributed by atoms with Crippen molar-refractivity contribution in [1.29, 1.82) is 0 Å². The summed E-state index contributed by atoms with van der Waals surface area (Å²) in [6, 6.07) is 7.35. The Morgan fingerprint density at radius 3 is 2.52 bits per heavy atom. The van der Waals surface area contributed by atoms with Gasteiger partial charge in [0.05, 0.1) is 0 Å². The maximum atomic E-state index is 11.7. The summed E-state index contributed by atoms with van der Waals surface area (Å²) >= 11 is 0. The van der Waals surface area contributed by atoms with Crippen molar-refractivity contribution in [3.05, 3.63) is 41.5 Å². The fraction of sp³-hybridized carbons (Fsp3) is 0.412. The molecule has 1 aliphatic rings. The normalized spacial score (nSPS) is 14.2. The van der Waals surface area contributed by atoms with Crippen molar-refractivity contribution in [3.8, 4) is 0 Å². The molecule has 0 unspecified atom stereocenters. The molecule has 0 spiro atoms. The number of aryl methyl sites for hydroxylation is 1. The van der Waals surface area contributed by atoms with E-state index in [-0.39, 0.29) is 0 Å². The Morgan fingerprint density at radius 2 is 1.86 bits per heavy atom. The molecule has 0 fully saturated rings. The van der Waals surface area contributed by atoms with Crippen LogP contribution in [0.3, 0.4) is 0 Å². The Kier molecular flexibility index (Phi) is 5.55. The van der Waals surface area contributed by atoms with Crippen LogP contribution in [-0.2, 0) is 9.59 Å². The predicted octanol–water partition coefficient (Wildman–Crippen LogP) is 2.94. The van der Waals surface area contributed by atoms with Crippen LogP contribution in [0.4, 0.5) is 5.69 Å². The third-order valence-corrected chi connectivity index (χ3v) is 3.63. The second-order valence-corrected chi connectivity index (χ2v) is 5.43. The molecule has 0 aromatic heterocycles. The van der Waals surface area contributed by atoms with Gasteiger partial charge < -0.3 is 10.6 Å². The second kappa shape index (κ2) is 7.62. The summed E-state index contributed by atoms with van der Waals surface area (Å²) in [5.41, 5.74) is 3.13. The summed E-state index contributed by atoms with van der Waals surface area (Å²) in [5, 5.41) is 5.26. The third kappa shape index (κ3) is 5.06. The second-order valence-electron chi connectivity index (χ2n) is 5.43. The number of nitrogens with one attached hydrogen (secondary N) is 2. The Labute approximate surface area is 125 Å². The molecule has 0 bridgehead atoms. The first-order chi connectivity index (χ1) is 10.1. The van der Waals surface area contributed by atoms with Gasteiger partial charge in [-0.3, -0.25) is 9.59 Å². The summed E-state index contributed by atoms with van der Waals surface area (Å²) in [6.07, 6.45) is 7.83. The molecule has 21 heavy (non-hydrogen) atoms. The molecule has 0 radical (unpaired) electrons. The summed E-state index contributed by atoms with van der Waals surface area (Å²) in [4.78, 5) is 23.5. The monoisotopic (exact) mass is 286 g/mol. The number of anilines is 1. The van der Waals surface area contributed by atoms with Crippen molar-refractivity contribution in [1.82, 2.24) is 5.32 Å². The molecule has 2 rings (SSSR count). The maximum Gasteiger partial charge on any atom is 0.313 e. The molecule has 2 amide bonds. The van der Waals surface area contributed by atoms with E-state index >= 15 is 0 Å². The van der Waals surface area contributed by atoms with Gasteiger partial charge in [-0.05, 0) is 51.2 Å². The van der Waals surface area contributed by atoms with Crippen molar-refractivity contribution in [2.24, 2.45) is 0 Å². The van der Waals surface area contributed by atoms with Crippen molar-refractivity contribution >= 4 is 17.5 Å². The number of allylic oxidation sites excluding steroid dienone is 1. The predicted molar refractivity (Wildman–Crippen MR) is 84.0 cm³/mol. The summed E-state index contributed by atoms with van der Waals surface area (Å²) in [7, 11) is 0. The number of benzene rings is 1. The van der Waals surface area contributed by atoms with Gasteiger partial charge in [0.15, 0.2) is 0 Å². The number of amides is 2. The Balaban J connectivity index is 1.73. The molecule has 1 aromatic rings. The lowest BCUT2D eigenvalue weighted by molar-refractivity contribution is -0.136. The van der Waals surface area contributed by atoms with Crippen LogP contribution in [0.1, 0.15) is 37.7 Å². The van der Waals surface area contributed by atoms with Gasteiger partial charge in [0.25, 0.3) is 0 Å². The minimum absolute atomic E-state index is 0.520. The average Bonchev–Trinajstić information content (AvgIpc) is 2.50. The maximum absolute atomic E-state index is 11.7. The minimum Gasteiger partial charge on any atom is -0.348 e. The lowest BCUT2D eigenvalue weighted by Gasteiger charge is -2.12. The topological polar surface area (TPSA) is 58.2 Å². The fourth-order valence-corrected chi connectivity index (χ4v) is 2.37. The number of hydrogen-bond acceptors (Lipinski definition) is 2. The van der Waals surface area contributed by atoms with Crippen LogP contribution in [-0.4, -0.2) is 18.4 Å². The van der Waals surface area contributed by atoms with E-state index in [0.717, 1.165) is 24.8 Å². The highest BCUT2D eigenvalue weighted by molar-refractivity contribution is 6.39.